The molecular formula is C90H109N3O13S4. The first-order valence-electron chi connectivity index (χ1n) is 40.8. The highest BCUT2D eigenvalue weighted by atomic mass is 32.2. The zero-order chi connectivity index (χ0) is 77.3. The monoisotopic (exact) mass is 1570 g/mol. The van der Waals surface area contributed by atoms with Crippen molar-refractivity contribution in [3.63, 3.8) is 0 Å². The lowest BCUT2D eigenvalue weighted by Gasteiger charge is -2.60. The topological polar surface area (TPSA) is 261 Å². The molecule has 0 spiro atoms. The van der Waals surface area contributed by atoms with E-state index in [9.17, 15) is 54.3 Å². The van der Waals surface area contributed by atoms with E-state index in [0.29, 0.717) is 56.3 Å². The van der Waals surface area contributed by atoms with Gasteiger partial charge in [0.25, 0.3) is 0 Å². The molecule has 0 bridgehead atoms. The minimum atomic E-state index is -1.44. The van der Waals surface area contributed by atoms with Crippen LogP contribution in [0.3, 0.4) is 0 Å². The Balaban J connectivity index is 0.000000126. The summed E-state index contributed by atoms with van der Waals surface area (Å²) in [4.78, 5) is 91.3. The highest BCUT2D eigenvalue weighted by Gasteiger charge is 2.76. The molecule has 20 heteroatoms. The molecule has 1 aliphatic heterocycles. The van der Waals surface area contributed by atoms with E-state index in [1.807, 2.05) is 86.7 Å². The number of aryl methyl sites for hydroxylation is 1. The maximum absolute atomic E-state index is 14.3. The molecule has 10 fully saturated rings. The van der Waals surface area contributed by atoms with Gasteiger partial charge in [0.2, 0.25) is 0 Å². The Hall–Kier alpha value is -5.36. The van der Waals surface area contributed by atoms with Gasteiger partial charge in [-0.3, -0.25) is 28.8 Å². The second kappa shape index (κ2) is 29.7. The van der Waals surface area contributed by atoms with Gasteiger partial charge in [-0.25, -0.2) is 15.0 Å². The van der Waals surface area contributed by atoms with Crippen molar-refractivity contribution < 1.29 is 63.8 Å². The average molecular weight is 1570 g/mol. The van der Waals surface area contributed by atoms with Crippen molar-refractivity contribution in [3.05, 3.63) is 138 Å². The number of pyridine rings is 2. The molecule has 2 aromatic carbocycles. The number of Topliss-reactive ketones (excluding diaryl/α,β-unsaturated/α-hetero) is 3. The summed E-state index contributed by atoms with van der Waals surface area (Å²) in [5.74, 6) is 3.43. The highest BCUT2D eigenvalue weighted by molar-refractivity contribution is 8.01. The van der Waals surface area contributed by atoms with Crippen LogP contribution >= 0.6 is 46.6 Å². The number of ether oxygens (including phenoxy) is 2. The number of aromatic nitrogens is 3. The molecule has 3 aromatic heterocycles. The van der Waals surface area contributed by atoms with Gasteiger partial charge in [-0.05, 0) is 234 Å². The summed E-state index contributed by atoms with van der Waals surface area (Å²) in [5, 5.41) is 60.7. The molecule has 5 N–H and O–H groups in total. The fourth-order valence-electron chi connectivity index (χ4n) is 25.9. The number of fused-ring (bicyclic) bond motifs is 19. The summed E-state index contributed by atoms with van der Waals surface area (Å²) >= 11 is 5.95. The summed E-state index contributed by atoms with van der Waals surface area (Å²) in [6.07, 6.45) is 23.8. The average Bonchev–Trinajstić information content (AvgIpc) is 1.52. The van der Waals surface area contributed by atoms with Crippen molar-refractivity contribution in [2.24, 2.45) is 85.8 Å². The van der Waals surface area contributed by atoms with Crippen LogP contribution in [0.5, 0.6) is 0 Å². The number of benzene rings is 2. The minimum Gasteiger partial charge on any atom is -0.393 e. The first-order chi connectivity index (χ1) is 52.5. The van der Waals surface area contributed by atoms with Gasteiger partial charge in [0, 0.05) is 52.0 Å². The summed E-state index contributed by atoms with van der Waals surface area (Å²) in [5.41, 5.74) is 0.0562. The molecule has 4 heterocycles. The number of thioether (sulfide) groups is 3. The van der Waals surface area contributed by atoms with Crippen LogP contribution in [-0.2, 0) is 44.7 Å². The molecule has 16 unspecified atom stereocenters. The van der Waals surface area contributed by atoms with Gasteiger partial charge in [-0.15, -0.1) is 11.3 Å². The van der Waals surface area contributed by atoms with Crippen LogP contribution < -0.4 is 0 Å². The third-order valence-electron chi connectivity index (χ3n) is 31.3. The van der Waals surface area contributed by atoms with E-state index in [0.717, 1.165) is 126 Å². The summed E-state index contributed by atoms with van der Waals surface area (Å²) in [6.45, 7) is 15.0. The van der Waals surface area contributed by atoms with Gasteiger partial charge >= 0.3 is 0 Å². The maximum atomic E-state index is 14.3. The second-order valence-corrected chi connectivity index (χ2v) is 40.7. The van der Waals surface area contributed by atoms with Crippen LogP contribution in [0.2, 0.25) is 0 Å². The summed E-state index contributed by atoms with van der Waals surface area (Å²) < 4.78 is 15.1. The Morgan fingerprint density at radius 1 is 0.591 bits per heavy atom. The predicted molar refractivity (Wildman–Crippen MR) is 430 cm³/mol. The molecule has 12 aliphatic carbocycles. The number of para-hydroxylation sites is 1. The van der Waals surface area contributed by atoms with Crippen LogP contribution in [0.15, 0.2) is 142 Å². The number of allylic oxidation sites excluding steroid dienone is 6. The van der Waals surface area contributed by atoms with E-state index in [-0.39, 0.29) is 128 Å². The number of rotatable bonds is 16. The van der Waals surface area contributed by atoms with E-state index >= 15 is 0 Å². The van der Waals surface area contributed by atoms with Crippen LogP contribution in [0, 0.1) is 85.8 Å². The molecule has 9 saturated carbocycles. The first-order valence-corrected chi connectivity index (χ1v) is 44.8. The van der Waals surface area contributed by atoms with Crippen molar-refractivity contribution in [2.75, 3.05) is 23.0 Å². The number of carbonyl (C=O) groups is 6. The van der Waals surface area contributed by atoms with Gasteiger partial charge in [-0.1, -0.05) is 156 Å². The van der Waals surface area contributed by atoms with E-state index < -0.39 is 51.4 Å². The minimum absolute atomic E-state index is 0.0255. The fourth-order valence-corrected chi connectivity index (χ4v) is 29.6. The van der Waals surface area contributed by atoms with Gasteiger partial charge < -0.3 is 35.0 Å². The number of hydrogen-bond acceptors (Lipinski definition) is 20. The molecule has 16 nitrogen and oxygen atoms in total. The molecule has 23 atom stereocenters. The molecule has 18 rings (SSSR count). The maximum Gasteiger partial charge on any atom is 0.178 e. The summed E-state index contributed by atoms with van der Waals surface area (Å²) in [6, 6.07) is 26.1. The molecule has 13 aliphatic rings. The summed E-state index contributed by atoms with van der Waals surface area (Å²) in [7, 11) is 0. The van der Waals surface area contributed by atoms with Crippen molar-refractivity contribution in [1.29, 1.82) is 0 Å². The lowest BCUT2D eigenvalue weighted by Crippen LogP contribution is -2.63. The number of nitrogens with zero attached hydrogens (tertiary/aromatic N) is 3. The molecule has 5 aromatic rings. The third kappa shape index (κ3) is 12.8. The number of aliphatic hydroxyl groups is 5. The van der Waals surface area contributed by atoms with E-state index in [1.165, 1.54) is 51.6 Å². The third-order valence-corrected chi connectivity index (χ3v) is 35.3. The lowest BCUT2D eigenvalue weighted by atomic mass is 9.45. The molecule has 0 amide bonds. The van der Waals surface area contributed by atoms with Crippen LogP contribution in [0.4, 0.5) is 0 Å². The molecular weight excluding hydrogens is 1460 g/mol. The predicted octanol–water partition coefficient (Wildman–Crippen LogP) is 15.4. The number of thiazole rings is 1. The number of ketones is 6. The van der Waals surface area contributed by atoms with E-state index in [1.54, 1.807) is 30.1 Å². The number of hydrogen-bond donors (Lipinski definition) is 5. The van der Waals surface area contributed by atoms with E-state index in [2.05, 4.69) is 73.8 Å². The quantitative estimate of drug-likeness (QED) is 0.0454. The molecule has 586 valence electrons. The van der Waals surface area contributed by atoms with E-state index in [4.69, 9.17) is 9.47 Å². The van der Waals surface area contributed by atoms with Gasteiger partial charge in [0.05, 0.1) is 56.9 Å². The lowest BCUT2D eigenvalue weighted by molar-refractivity contribution is -0.197. The largest absolute Gasteiger partial charge is 0.393 e. The van der Waals surface area contributed by atoms with Gasteiger partial charge in [0.15, 0.2) is 56.6 Å². The number of aliphatic hydroxyl groups excluding tert-OH is 3. The SMILES string of the molecule is CC12CCC(=O)C=C1CCC1C2[C@@H](O)CC2(C)C1CC[C@]2(O)C(=O)CSc1ccc2ccccc2n1.CC12CCC(=O)C=C1CCC1C2[C@@H](O)CC2(C)C1CC[C@]2(O)C(=O)CSc1nc2ncccc2s1.CCCC1O[C@@H]2CC3C4CCC5=CC(=O)C=CC5(C)C4[C@@H](O)CC3(C)[C@]2(C(=O)CSCCc2ccccc2)O1. The Kier molecular flexibility index (Phi) is 21.2. The van der Waals surface area contributed by atoms with Gasteiger partial charge in [0.1, 0.15) is 11.2 Å². The molecule has 0 radical (unpaired) electrons. The normalized spacial score (nSPS) is 41.0. The standard InChI is InChI=1S/C33H42O5S.C30H35NO4S.C27H32N2O4S2/c1-4-8-29-37-28-18-25-24-12-11-22-17-23(34)13-15-31(22,2)30(24)26(35)19-32(25,3)33(28,38-29)27(36)20-39-16-14-21-9-6-5-7-10-21;1-28-13-11-20(32)15-19(28)8-9-21-22-12-14-30(35,29(22,2)16-24(33)27(21)28)25(34)17-36-26-10-7-18-5-3-4-6-23(18)31-26;1-25-9-7-16(30)12-15(25)5-6-17-18-8-10-27(33,26(18,2)13-19(31)22(17)25)21(32)14-34-24-29-23-20(35-24)4-3-11-28-23/h5-7,9-10,13,15,17,24-26,28-30,35H,4,8,11-12,14,16,18-20H2,1-3H3;3-7,10,15,21-22,24,27,33,35H,8-9,11-14,16-17H2,1-2H3;3-4,11-12,17-19,22,31,33H,5-10,13-14H2,1-2H3/t24?,25?,26-,28+,29?,30?,31?,32?,33+;21?,22?,24-,27?,28?,29?,30-;17?,18?,19-,22?,25?,26?,27-/m000/s1. The zero-order valence-corrected chi connectivity index (χ0v) is 68.0. The van der Waals surface area contributed by atoms with Crippen LogP contribution in [0.25, 0.3) is 21.3 Å². The Labute approximate surface area is 663 Å². The fraction of sp³-hybridized carbons (Fsp3) is 0.611. The van der Waals surface area contributed by atoms with Crippen molar-refractivity contribution >= 4 is 103 Å². The smallest absolute Gasteiger partial charge is 0.178 e. The Bertz CT molecular complexity index is 4570. The zero-order valence-electron chi connectivity index (χ0n) is 64.7. The first kappa shape index (κ1) is 78.5. The van der Waals surface area contributed by atoms with Gasteiger partial charge in [-0.2, -0.15) is 11.8 Å². The van der Waals surface area contributed by atoms with Crippen molar-refractivity contribution in [1.82, 2.24) is 15.0 Å². The van der Waals surface area contributed by atoms with Crippen molar-refractivity contribution in [3.8, 4) is 0 Å². The second-order valence-electron chi connectivity index (χ2n) is 36.4. The Morgan fingerprint density at radius 3 is 1.80 bits per heavy atom. The Morgan fingerprint density at radius 2 is 1.17 bits per heavy atom. The highest BCUT2D eigenvalue weighted by Crippen LogP contribution is 2.73. The number of carbonyl (C=O) groups excluding carboxylic acids is 6. The van der Waals surface area contributed by atoms with Crippen LogP contribution in [0.1, 0.15) is 182 Å². The molecule has 110 heavy (non-hydrogen) atoms. The van der Waals surface area contributed by atoms with Crippen molar-refractivity contribution in [2.45, 2.75) is 240 Å². The van der Waals surface area contributed by atoms with Crippen LogP contribution in [-0.4, -0.2) is 146 Å². The molecule has 1 saturated heterocycles.